The Hall–Kier alpha value is -0.275. The van der Waals surface area contributed by atoms with Crippen molar-refractivity contribution in [1.29, 1.82) is 0 Å². The van der Waals surface area contributed by atoms with E-state index < -0.39 is 0 Å². The Bertz CT molecular complexity index is 507. The van der Waals surface area contributed by atoms with Crippen molar-refractivity contribution in [3.8, 4) is 0 Å². The molecular formula is C19H21Rb. The van der Waals surface area contributed by atoms with Gasteiger partial charge in [0.2, 0.25) is 0 Å². The van der Waals surface area contributed by atoms with Crippen molar-refractivity contribution in [3.05, 3.63) is 83.4 Å². The van der Waals surface area contributed by atoms with E-state index in [2.05, 4.69) is 55.5 Å². The fourth-order valence-corrected chi connectivity index (χ4v) is 1.57. The first kappa shape index (κ1) is 19.7. The summed E-state index contributed by atoms with van der Waals surface area (Å²) in [6, 6.07) is 19.4. The van der Waals surface area contributed by atoms with Crippen LogP contribution < -0.4 is 58.2 Å². The molecule has 0 spiro atoms. The Morgan fingerprint density at radius 3 is 1.95 bits per heavy atom. The molecule has 20 heavy (non-hydrogen) atoms. The maximum absolute atomic E-state index is 2.99. The Kier molecular flexibility index (Phi) is 12.3. The summed E-state index contributed by atoms with van der Waals surface area (Å²) in [5, 5.41) is 0. The average molecular weight is 335 g/mol. The van der Waals surface area contributed by atoms with Crippen molar-refractivity contribution < 1.29 is 58.2 Å². The summed E-state index contributed by atoms with van der Waals surface area (Å²) in [6.07, 6.45) is 8.21. The number of allylic oxidation sites excluding steroid dienone is 2. The Morgan fingerprint density at radius 2 is 1.45 bits per heavy atom. The largest absolute Gasteiger partial charge is 1.00 e. The van der Waals surface area contributed by atoms with Gasteiger partial charge in [-0.2, -0.15) is 30.3 Å². The van der Waals surface area contributed by atoms with Crippen molar-refractivity contribution in [3.63, 3.8) is 0 Å². The zero-order valence-corrected chi connectivity index (χ0v) is 17.8. The van der Waals surface area contributed by atoms with Crippen molar-refractivity contribution in [2.24, 2.45) is 0 Å². The fourth-order valence-electron chi connectivity index (χ4n) is 1.57. The summed E-state index contributed by atoms with van der Waals surface area (Å²) in [6.45, 7) is 6.13. The van der Waals surface area contributed by atoms with Crippen LogP contribution in [0.3, 0.4) is 0 Å². The molecule has 0 bridgehead atoms. The Morgan fingerprint density at radius 1 is 0.850 bits per heavy atom. The molecule has 0 radical (unpaired) electrons. The van der Waals surface area contributed by atoms with Gasteiger partial charge in [0.05, 0.1) is 0 Å². The molecule has 0 N–H and O–H groups in total. The molecule has 0 aromatic heterocycles. The van der Waals surface area contributed by atoms with E-state index in [4.69, 9.17) is 0 Å². The number of hydrogen-bond donors (Lipinski definition) is 0. The van der Waals surface area contributed by atoms with Gasteiger partial charge in [0.25, 0.3) is 0 Å². The zero-order chi connectivity index (χ0) is 13.9. The van der Waals surface area contributed by atoms with Gasteiger partial charge >= 0.3 is 58.2 Å². The second-order valence-corrected chi connectivity index (χ2v) is 4.25. The molecule has 2 aromatic carbocycles. The number of aryl methyl sites for hydroxylation is 1. The maximum Gasteiger partial charge on any atom is 1.00 e. The Labute approximate surface area is 172 Å². The summed E-state index contributed by atoms with van der Waals surface area (Å²) in [5.74, 6) is 0. The molecule has 0 aliphatic heterocycles. The van der Waals surface area contributed by atoms with Crippen molar-refractivity contribution in [1.82, 2.24) is 0 Å². The molecule has 0 aliphatic rings. The minimum absolute atomic E-state index is 0. The van der Waals surface area contributed by atoms with Gasteiger partial charge in [-0.3, -0.25) is 0 Å². The number of hydrogen-bond acceptors (Lipinski definition) is 0. The van der Waals surface area contributed by atoms with Crippen LogP contribution in [0.1, 0.15) is 30.5 Å². The smallest absolute Gasteiger partial charge is 0.183 e. The van der Waals surface area contributed by atoms with Crippen LogP contribution in [-0.2, 0) is 0 Å². The first-order valence-corrected chi connectivity index (χ1v) is 6.54. The fraction of sp³-hybridized carbons (Fsp3) is 0.158. The minimum atomic E-state index is 0. The molecule has 0 saturated carbocycles. The molecule has 0 heterocycles. The summed E-state index contributed by atoms with van der Waals surface area (Å²) >= 11 is 0. The van der Waals surface area contributed by atoms with Gasteiger partial charge < -0.3 is 0 Å². The standard InChI is InChI=1S/C10H12.C9H9.Rb/c1-3-4-10-7-5-9(2)6-8-10;1-2-6-9-7-4-3-5-8-9;/h3-8H,1-2H3;2-4,6-8H,1H3;/q;-1;+1/b4-3+;6-2+;. The Balaban J connectivity index is 0.000000345. The maximum atomic E-state index is 2.99. The van der Waals surface area contributed by atoms with Crippen molar-refractivity contribution >= 4 is 12.2 Å². The second kappa shape index (κ2) is 12.5. The van der Waals surface area contributed by atoms with Gasteiger partial charge in [0.1, 0.15) is 0 Å². The van der Waals surface area contributed by atoms with Crippen LogP contribution in [0, 0.1) is 13.0 Å². The topological polar surface area (TPSA) is 0 Å². The van der Waals surface area contributed by atoms with Gasteiger partial charge in [0, 0.05) is 0 Å². The van der Waals surface area contributed by atoms with E-state index in [9.17, 15) is 0 Å². The molecule has 0 saturated heterocycles. The predicted octanol–water partition coefficient (Wildman–Crippen LogP) is 2.55. The van der Waals surface area contributed by atoms with E-state index in [0.29, 0.717) is 0 Å². The number of benzene rings is 2. The average Bonchev–Trinajstić information content (AvgIpc) is 2.44. The molecule has 98 valence electrons. The molecule has 0 unspecified atom stereocenters. The van der Waals surface area contributed by atoms with Crippen molar-refractivity contribution in [2.45, 2.75) is 20.8 Å². The predicted molar refractivity (Wildman–Crippen MR) is 85.9 cm³/mol. The third-order valence-electron chi connectivity index (χ3n) is 2.53. The quantitative estimate of drug-likeness (QED) is 0.740. The molecule has 2 rings (SSSR count). The monoisotopic (exact) mass is 334 g/mol. The molecule has 0 atom stereocenters. The molecular weight excluding hydrogens is 314 g/mol. The molecule has 0 aliphatic carbocycles. The third-order valence-corrected chi connectivity index (χ3v) is 2.53. The van der Waals surface area contributed by atoms with E-state index in [-0.39, 0.29) is 58.2 Å². The number of rotatable bonds is 2. The van der Waals surface area contributed by atoms with E-state index in [1.54, 1.807) is 0 Å². The molecule has 0 nitrogen and oxygen atoms in total. The van der Waals surface area contributed by atoms with Gasteiger partial charge in [-0.25, -0.2) is 0 Å². The van der Waals surface area contributed by atoms with Crippen LogP contribution in [0.25, 0.3) is 12.2 Å². The molecule has 0 amide bonds. The van der Waals surface area contributed by atoms with E-state index in [1.165, 1.54) is 16.7 Å². The van der Waals surface area contributed by atoms with Crippen molar-refractivity contribution in [2.75, 3.05) is 0 Å². The van der Waals surface area contributed by atoms with E-state index >= 15 is 0 Å². The first-order valence-electron chi connectivity index (χ1n) is 6.54. The van der Waals surface area contributed by atoms with E-state index in [0.717, 1.165) is 0 Å². The minimum Gasteiger partial charge on any atom is -0.183 e. The third kappa shape index (κ3) is 8.81. The SMILES string of the molecule is C/C=C/c1c[c-]ccc1.C/C=C/c1ccc(C)cc1.[Rb+]. The molecule has 1 heteroatoms. The molecule has 2 aromatic rings. The van der Waals surface area contributed by atoms with Crippen LogP contribution in [0.2, 0.25) is 0 Å². The van der Waals surface area contributed by atoms with Crippen LogP contribution in [0.5, 0.6) is 0 Å². The van der Waals surface area contributed by atoms with Crippen LogP contribution in [0.15, 0.2) is 60.7 Å². The summed E-state index contributed by atoms with van der Waals surface area (Å²) < 4.78 is 0. The summed E-state index contributed by atoms with van der Waals surface area (Å²) in [7, 11) is 0. The normalized spacial score (nSPS) is 9.95. The molecule has 0 fully saturated rings. The summed E-state index contributed by atoms with van der Waals surface area (Å²) in [4.78, 5) is 0. The van der Waals surface area contributed by atoms with Crippen LogP contribution in [0.4, 0.5) is 0 Å². The summed E-state index contributed by atoms with van der Waals surface area (Å²) in [5.41, 5.74) is 3.79. The van der Waals surface area contributed by atoms with Gasteiger partial charge in [0.15, 0.2) is 0 Å². The van der Waals surface area contributed by atoms with E-state index in [1.807, 2.05) is 44.2 Å². The second-order valence-electron chi connectivity index (χ2n) is 4.25. The van der Waals surface area contributed by atoms with Gasteiger partial charge in [-0.1, -0.05) is 48.1 Å². The van der Waals surface area contributed by atoms with Crippen LogP contribution in [-0.4, -0.2) is 0 Å². The zero-order valence-electron chi connectivity index (χ0n) is 12.9. The first-order chi connectivity index (χ1) is 9.26. The van der Waals surface area contributed by atoms with Gasteiger partial charge in [-0.05, 0) is 26.3 Å². The van der Waals surface area contributed by atoms with Crippen LogP contribution >= 0.6 is 0 Å². The van der Waals surface area contributed by atoms with Gasteiger partial charge in [-0.15, -0.1) is 11.6 Å².